The fourth-order valence-electron chi connectivity index (χ4n) is 1.65. The molecule has 1 N–H and O–H groups in total. The van der Waals surface area contributed by atoms with E-state index in [9.17, 15) is 13.2 Å². The average molecular weight is 283 g/mol. The normalized spacial score (nSPS) is 25.2. The minimum atomic E-state index is -4.40. The lowest BCUT2D eigenvalue weighted by Crippen LogP contribution is -2.26. The lowest BCUT2D eigenvalue weighted by Gasteiger charge is -2.22. The van der Waals surface area contributed by atoms with E-state index in [0.29, 0.717) is 17.9 Å². The van der Waals surface area contributed by atoms with Crippen LogP contribution in [0.5, 0.6) is 0 Å². The van der Waals surface area contributed by atoms with Crippen molar-refractivity contribution in [3.63, 3.8) is 0 Å². The van der Waals surface area contributed by atoms with E-state index in [1.54, 1.807) is 0 Å². The van der Waals surface area contributed by atoms with Crippen molar-refractivity contribution in [1.29, 1.82) is 0 Å². The second-order valence-corrected chi connectivity index (χ2v) is 6.83. The summed E-state index contributed by atoms with van der Waals surface area (Å²) >= 11 is 2.40. The molecular formula is C9H12F3N3S2. The molecule has 96 valence electrons. The fourth-order valence-corrected chi connectivity index (χ4v) is 3.50. The maximum absolute atomic E-state index is 12.3. The number of hydrogen-bond donors (Lipinski definition) is 1. The number of nitrogens with one attached hydrogen (secondary N) is 1. The van der Waals surface area contributed by atoms with Crippen LogP contribution in [-0.2, 0) is 6.18 Å². The van der Waals surface area contributed by atoms with Crippen LogP contribution in [0, 0.1) is 0 Å². The Kier molecular flexibility index (Phi) is 3.53. The lowest BCUT2D eigenvalue weighted by molar-refractivity contribution is -0.138. The van der Waals surface area contributed by atoms with Crippen LogP contribution >= 0.6 is 23.1 Å². The van der Waals surface area contributed by atoms with Gasteiger partial charge in [0.15, 0.2) is 0 Å². The monoisotopic (exact) mass is 283 g/mol. The number of anilines is 1. The van der Waals surface area contributed by atoms with Crippen LogP contribution in [0.1, 0.15) is 24.8 Å². The van der Waals surface area contributed by atoms with Crippen molar-refractivity contribution in [2.45, 2.75) is 30.7 Å². The maximum Gasteiger partial charge on any atom is 0.445 e. The van der Waals surface area contributed by atoms with Gasteiger partial charge in [0.1, 0.15) is 0 Å². The van der Waals surface area contributed by atoms with Gasteiger partial charge in [-0.1, -0.05) is 11.3 Å². The van der Waals surface area contributed by atoms with E-state index in [1.807, 2.05) is 11.8 Å². The van der Waals surface area contributed by atoms with Gasteiger partial charge in [0.05, 0.1) is 0 Å². The predicted molar refractivity (Wildman–Crippen MR) is 63.5 cm³/mol. The van der Waals surface area contributed by atoms with Gasteiger partial charge >= 0.3 is 6.18 Å². The third kappa shape index (κ3) is 3.25. The Morgan fingerprint density at radius 1 is 1.41 bits per heavy atom. The van der Waals surface area contributed by atoms with Gasteiger partial charge in [0.2, 0.25) is 10.1 Å². The van der Waals surface area contributed by atoms with Crippen molar-refractivity contribution in [3.8, 4) is 0 Å². The second-order valence-electron chi connectivity index (χ2n) is 4.17. The minimum Gasteiger partial charge on any atom is -0.359 e. The van der Waals surface area contributed by atoms with Crippen molar-refractivity contribution in [3.05, 3.63) is 5.01 Å². The van der Waals surface area contributed by atoms with Crippen LogP contribution in [0.2, 0.25) is 0 Å². The summed E-state index contributed by atoms with van der Waals surface area (Å²) in [5.74, 6) is 1.11. The molecular weight excluding hydrogens is 271 g/mol. The standard InChI is InChI=1S/C9H12F3N3S2/c1-8(3-2-4-16-8)5-13-7-15-14-6(17-7)9(10,11)12/h2-5H2,1H3,(H,13,15). The van der Waals surface area contributed by atoms with Crippen LogP contribution < -0.4 is 5.32 Å². The SMILES string of the molecule is CC1(CNc2nnc(C(F)(F)F)s2)CCCS1. The third-order valence-corrected chi connectivity index (χ3v) is 5.05. The molecule has 1 atom stereocenters. The summed E-state index contributed by atoms with van der Waals surface area (Å²) in [5.41, 5.74) is 0. The molecule has 17 heavy (non-hydrogen) atoms. The van der Waals surface area contributed by atoms with Crippen molar-refractivity contribution in [1.82, 2.24) is 10.2 Å². The van der Waals surface area contributed by atoms with Crippen molar-refractivity contribution in [2.24, 2.45) is 0 Å². The highest BCUT2D eigenvalue weighted by Gasteiger charge is 2.36. The molecule has 2 heterocycles. The van der Waals surface area contributed by atoms with Crippen LogP contribution in [0.15, 0.2) is 0 Å². The number of halogens is 3. The summed E-state index contributed by atoms with van der Waals surface area (Å²) in [4.78, 5) is 0. The van der Waals surface area contributed by atoms with Gasteiger partial charge in [0.25, 0.3) is 0 Å². The highest BCUT2D eigenvalue weighted by atomic mass is 32.2. The molecule has 0 spiro atoms. The molecule has 1 aromatic rings. The number of nitrogens with zero attached hydrogens (tertiary/aromatic N) is 2. The lowest BCUT2D eigenvalue weighted by atomic mass is 10.1. The number of alkyl halides is 3. The van der Waals surface area contributed by atoms with Crippen molar-refractivity contribution in [2.75, 3.05) is 17.6 Å². The van der Waals surface area contributed by atoms with E-state index in [-0.39, 0.29) is 9.88 Å². The van der Waals surface area contributed by atoms with Gasteiger partial charge < -0.3 is 5.32 Å². The zero-order valence-corrected chi connectivity index (χ0v) is 10.8. The van der Waals surface area contributed by atoms with Gasteiger partial charge in [-0.25, -0.2) is 0 Å². The summed E-state index contributed by atoms with van der Waals surface area (Å²) in [7, 11) is 0. The smallest absolute Gasteiger partial charge is 0.359 e. The summed E-state index contributed by atoms with van der Waals surface area (Å²) in [5, 5.41) is 8.92. The quantitative estimate of drug-likeness (QED) is 0.924. The van der Waals surface area contributed by atoms with Gasteiger partial charge in [-0.15, -0.1) is 10.2 Å². The Hall–Kier alpha value is -0.500. The zero-order valence-electron chi connectivity index (χ0n) is 9.17. The van der Waals surface area contributed by atoms with Crippen molar-refractivity contribution >= 4 is 28.2 Å². The zero-order chi connectivity index (χ0) is 12.5. The van der Waals surface area contributed by atoms with E-state index in [0.717, 1.165) is 18.6 Å². The third-order valence-electron chi connectivity index (χ3n) is 2.58. The van der Waals surface area contributed by atoms with Crippen LogP contribution in [0.4, 0.5) is 18.3 Å². The first kappa shape index (κ1) is 12.9. The summed E-state index contributed by atoms with van der Waals surface area (Å²) < 4.78 is 37.0. The molecule has 0 aromatic carbocycles. The predicted octanol–water partition coefficient (Wildman–Crippen LogP) is 3.25. The second kappa shape index (κ2) is 4.64. The van der Waals surface area contributed by atoms with Crippen LogP contribution in [0.25, 0.3) is 0 Å². The number of rotatable bonds is 3. The first-order valence-electron chi connectivity index (χ1n) is 5.18. The Morgan fingerprint density at radius 3 is 2.71 bits per heavy atom. The molecule has 1 saturated heterocycles. The molecule has 1 unspecified atom stereocenters. The number of thioether (sulfide) groups is 1. The molecule has 1 fully saturated rings. The largest absolute Gasteiger partial charge is 0.445 e. The number of hydrogen-bond acceptors (Lipinski definition) is 5. The first-order chi connectivity index (χ1) is 7.89. The fraction of sp³-hybridized carbons (Fsp3) is 0.778. The first-order valence-corrected chi connectivity index (χ1v) is 6.98. The Labute approximate surface area is 105 Å². The van der Waals surface area contributed by atoms with Gasteiger partial charge in [-0.2, -0.15) is 24.9 Å². The molecule has 0 saturated carbocycles. The van der Waals surface area contributed by atoms with E-state index < -0.39 is 11.2 Å². The maximum atomic E-state index is 12.3. The Morgan fingerprint density at radius 2 is 2.18 bits per heavy atom. The van der Waals surface area contributed by atoms with E-state index in [1.165, 1.54) is 0 Å². The molecule has 8 heteroatoms. The summed E-state index contributed by atoms with van der Waals surface area (Å²) in [6.07, 6.45) is -2.16. The van der Waals surface area contributed by atoms with Crippen LogP contribution in [0.3, 0.4) is 0 Å². The molecule has 1 aromatic heterocycles. The highest BCUT2D eigenvalue weighted by Crippen LogP contribution is 2.38. The molecule has 0 amide bonds. The molecule has 1 aliphatic rings. The molecule has 0 radical (unpaired) electrons. The number of aromatic nitrogens is 2. The Balaban J connectivity index is 1.93. The van der Waals surface area contributed by atoms with Crippen molar-refractivity contribution < 1.29 is 13.2 Å². The van der Waals surface area contributed by atoms with Crippen LogP contribution in [-0.4, -0.2) is 27.2 Å². The molecule has 3 nitrogen and oxygen atoms in total. The molecule has 0 bridgehead atoms. The highest BCUT2D eigenvalue weighted by molar-refractivity contribution is 8.00. The Bertz CT molecular complexity index is 385. The van der Waals surface area contributed by atoms with E-state index in [2.05, 4.69) is 22.4 Å². The minimum absolute atomic E-state index is 0.101. The molecule has 2 rings (SSSR count). The van der Waals surface area contributed by atoms with Gasteiger partial charge in [-0.3, -0.25) is 0 Å². The summed E-state index contributed by atoms with van der Waals surface area (Å²) in [6.45, 7) is 2.74. The topological polar surface area (TPSA) is 37.8 Å². The van der Waals surface area contributed by atoms with E-state index >= 15 is 0 Å². The van der Waals surface area contributed by atoms with E-state index in [4.69, 9.17) is 0 Å². The molecule has 0 aliphatic carbocycles. The average Bonchev–Trinajstić information content (AvgIpc) is 2.83. The summed E-state index contributed by atoms with van der Waals surface area (Å²) in [6, 6.07) is 0. The molecule has 1 aliphatic heterocycles. The van der Waals surface area contributed by atoms with Gasteiger partial charge in [-0.05, 0) is 25.5 Å². The van der Waals surface area contributed by atoms with Gasteiger partial charge in [0, 0.05) is 11.3 Å².